The second-order valence-electron chi connectivity index (χ2n) is 4.86. The SMILES string of the molecule is COc1ccc(O)c(C(=O)N(C)C2CCS(=O)(=O)C2)c1. The highest BCUT2D eigenvalue weighted by atomic mass is 32.2. The van der Waals surface area contributed by atoms with Gasteiger partial charge >= 0.3 is 0 Å². The molecule has 6 nitrogen and oxygen atoms in total. The zero-order valence-electron chi connectivity index (χ0n) is 11.4. The lowest BCUT2D eigenvalue weighted by molar-refractivity contribution is 0.0744. The average molecular weight is 299 g/mol. The molecule has 1 N–H and O–H groups in total. The molecular weight excluding hydrogens is 282 g/mol. The van der Waals surface area contributed by atoms with E-state index in [1.54, 1.807) is 13.1 Å². The van der Waals surface area contributed by atoms with Gasteiger partial charge in [0.1, 0.15) is 11.5 Å². The summed E-state index contributed by atoms with van der Waals surface area (Å²) in [5, 5.41) is 9.77. The number of rotatable bonds is 3. The van der Waals surface area contributed by atoms with Gasteiger partial charge in [-0.2, -0.15) is 0 Å². The van der Waals surface area contributed by atoms with Crippen molar-refractivity contribution in [2.45, 2.75) is 12.5 Å². The second kappa shape index (κ2) is 5.32. The molecule has 1 amide bonds. The Bertz CT molecular complexity index is 626. The molecule has 110 valence electrons. The van der Waals surface area contributed by atoms with E-state index in [-0.39, 0.29) is 28.9 Å². The molecule has 1 unspecified atom stereocenters. The van der Waals surface area contributed by atoms with Gasteiger partial charge in [0.15, 0.2) is 9.84 Å². The summed E-state index contributed by atoms with van der Waals surface area (Å²) >= 11 is 0. The van der Waals surface area contributed by atoms with Gasteiger partial charge in [-0.3, -0.25) is 4.79 Å². The third kappa shape index (κ3) is 2.87. The van der Waals surface area contributed by atoms with Crippen LogP contribution < -0.4 is 4.74 Å². The molecule has 1 aromatic carbocycles. The van der Waals surface area contributed by atoms with E-state index in [1.165, 1.54) is 24.1 Å². The minimum atomic E-state index is -3.06. The average Bonchev–Trinajstić information content (AvgIpc) is 2.78. The summed E-state index contributed by atoms with van der Waals surface area (Å²) in [6.45, 7) is 0. The van der Waals surface area contributed by atoms with Crippen molar-refractivity contribution in [2.24, 2.45) is 0 Å². The van der Waals surface area contributed by atoms with E-state index >= 15 is 0 Å². The second-order valence-corrected chi connectivity index (χ2v) is 7.08. The summed E-state index contributed by atoms with van der Waals surface area (Å²) in [5.74, 6) is -0.0371. The van der Waals surface area contributed by atoms with Gasteiger partial charge in [-0.05, 0) is 24.6 Å². The predicted octanol–water partition coefficient (Wildman–Crippen LogP) is 0.660. The first kappa shape index (κ1) is 14.6. The highest BCUT2D eigenvalue weighted by molar-refractivity contribution is 7.91. The Balaban J connectivity index is 2.23. The van der Waals surface area contributed by atoms with Crippen molar-refractivity contribution in [2.75, 3.05) is 25.7 Å². The zero-order valence-corrected chi connectivity index (χ0v) is 12.2. The van der Waals surface area contributed by atoms with Crippen LogP contribution in [0.2, 0.25) is 0 Å². The Morgan fingerprint density at radius 3 is 2.70 bits per heavy atom. The molecule has 1 atom stereocenters. The summed E-state index contributed by atoms with van der Waals surface area (Å²) in [6, 6.07) is 4.02. The smallest absolute Gasteiger partial charge is 0.257 e. The van der Waals surface area contributed by atoms with Crippen LogP contribution in [-0.2, 0) is 9.84 Å². The van der Waals surface area contributed by atoms with Crippen molar-refractivity contribution in [1.82, 2.24) is 4.90 Å². The van der Waals surface area contributed by atoms with Crippen LogP contribution in [0.25, 0.3) is 0 Å². The van der Waals surface area contributed by atoms with Crippen LogP contribution >= 0.6 is 0 Å². The van der Waals surface area contributed by atoms with Crippen molar-refractivity contribution in [3.63, 3.8) is 0 Å². The van der Waals surface area contributed by atoms with E-state index in [0.29, 0.717) is 12.2 Å². The highest BCUT2D eigenvalue weighted by Gasteiger charge is 2.33. The predicted molar refractivity (Wildman–Crippen MR) is 73.8 cm³/mol. The van der Waals surface area contributed by atoms with Gasteiger partial charge < -0.3 is 14.7 Å². The molecule has 1 aromatic rings. The lowest BCUT2D eigenvalue weighted by atomic mass is 10.1. The maximum atomic E-state index is 12.3. The molecule has 20 heavy (non-hydrogen) atoms. The topological polar surface area (TPSA) is 83.9 Å². The number of nitrogens with zero attached hydrogens (tertiary/aromatic N) is 1. The van der Waals surface area contributed by atoms with Gasteiger partial charge in [-0.15, -0.1) is 0 Å². The summed E-state index contributed by atoms with van der Waals surface area (Å²) < 4.78 is 27.9. The van der Waals surface area contributed by atoms with Crippen molar-refractivity contribution in [3.05, 3.63) is 23.8 Å². The number of methoxy groups -OCH3 is 1. The number of hydrogen-bond donors (Lipinski definition) is 1. The number of carbonyl (C=O) groups excluding carboxylic acids is 1. The standard InChI is InChI=1S/C13H17NO5S/c1-14(9-5-6-20(17,18)8-9)13(16)11-7-10(19-2)3-4-12(11)15/h3-4,7,9,15H,5-6,8H2,1-2H3. The maximum Gasteiger partial charge on any atom is 0.257 e. The maximum absolute atomic E-state index is 12.3. The van der Waals surface area contributed by atoms with Gasteiger partial charge in [0.05, 0.1) is 24.2 Å². The van der Waals surface area contributed by atoms with E-state index < -0.39 is 15.7 Å². The molecule has 0 aliphatic carbocycles. The zero-order chi connectivity index (χ0) is 14.9. The van der Waals surface area contributed by atoms with Crippen molar-refractivity contribution in [3.8, 4) is 11.5 Å². The number of phenols is 1. The first-order valence-corrected chi connectivity index (χ1v) is 8.01. The summed E-state index contributed by atoms with van der Waals surface area (Å²) in [7, 11) is -0.0457. The molecule has 2 rings (SSSR count). The molecule has 0 bridgehead atoms. The number of carbonyl (C=O) groups is 1. The summed E-state index contributed by atoms with van der Waals surface area (Å²) in [5.41, 5.74) is 0.108. The number of benzene rings is 1. The molecule has 1 saturated heterocycles. The van der Waals surface area contributed by atoms with E-state index in [2.05, 4.69) is 0 Å². The fourth-order valence-electron chi connectivity index (χ4n) is 2.25. The Morgan fingerprint density at radius 2 is 2.15 bits per heavy atom. The Labute approximate surface area is 117 Å². The quantitative estimate of drug-likeness (QED) is 0.886. The number of sulfone groups is 1. The Kier molecular flexibility index (Phi) is 3.89. The van der Waals surface area contributed by atoms with Crippen LogP contribution in [-0.4, -0.2) is 56.0 Å². The molecule has 0 radical (unpaired) electrons. The third-order valence-electron chi connectivity index (χ3n) is 3.51. The van der Waals surface area contributed by atoms with Gasteiger partial charge in [0.25, 0.3) is 5.91 Å². The van der Waals surface area contributed by atoms with Gasteiger partial charge in [-0.25, -0.2) is 8.42 Å². The molecule has 1 aliphatic rings. The van der Waals surface area contributed by atoms with Crippen molar-refractivity contribution < 1.29 is 23.1 Å². The lowest BCUT2D eigenvalue weighted by Crippen LogP contribution is -2.37. The van der Waals surface area contributed by atoms with Crippen LogP contribution in [0.4, 0.5) is 0 Å². The van der Waals surface area contributed by atoms with Crippen LogP contribution in [0.5, 0.6) is 11.5 Å². The number of phenolic OH excluding ortho intramolecular Hbond substituents is 1. The molecule has 1 aliphatic heterocycles. The first-order chi connectivity index (χ1) is 9.34. The van der Waals surface area contributed by atoms with Crippen molar-refractivity contribution in [1.29, 1.82) is 0 Å². The molecule has 7 heteroatoms. The Hall–Kier alpha value is -1.76. The molecular formula is C13H17NO5S. The fraction of sp³-hybridized carbons (Fsp3) is 0.462. The van der Waals surface area contributed by atoms with Crippen LogP contribution in [0, 0.1) is 0 Å². The Morgan fingerprint density at radius 1 is 1.45 bits per heavy atom. The molecule has 0 spiro atoms. The third-order valence-corrected chi connectivity index (χ3v) is 5.26. The lowest BCUT2D eigenvalue weighted by Gasteiger charge is -2.24. The van der Waals surface area contributed by atoms with Crippen molar-refractivity contribution >= 4 is 15.7 Å². The van der Waals surface area contributed by atoms with Gasteiger partial charge in [-0.1, -0.05) is 0 Å². The van der Waals surface area contributed by atoms with Gasteiger partial charge in [0.2, 0.25) is 0 Å². The van der Waals surface area contributed by atoms with Crippen LogP contribution in [0.1, 0.15) is 16.8 Å². The highest BCUT2D eigenvalue weighted by Crippen LogP contribution is 2.26. The molecule has 1 heterocycles. The number of ether oxygens (including phenoxy) is 1. The number of aromatic hydroxyl groups is 1. The summed E-state index contributed by atoms with van der Waals surface area (Å²) in [6.07, 6.45) is 0.426. The van der Waals surface area contributed by atoms with Gasteiger partial charge in [0, 0.05) is 13.1 Å². The molecule has 0 saturated carbocycles. The fourth-order valence-corrected chi connectivity index (χ4v) is 4.02. The van der Waals surface area contributed by atoms with E-state index in [9.17, 15) is 18.3 Å². The summed E-state index contributed by atoms with van der Waals surface area (Å²) in [4.78, 5) is 13.7. The van der Waals surface area contributed by atoms with E-state index in [1.807, 2.05) is 0 Å². The largest absolute Gasteiger partial charge is 0.507 e. The van der Waals surface area contributed by atoms with E-state index in [0.717, 1.165) is 0 Å². The minimum Gasteiger partial charge on any atom is -0.507 e. The number of hydrogen-bond acceptors (Lipinski definition) is 5. The van der Waals surface area contributed by atoms with E-state index in [4.69, 9.17) is 4.74 Å². The normalized spacial score (nSPS) is 20.6. The monoisotopic (exact) mass is 299 g/mol. The minimum absolute atomic E-state index is 0.0278. The van der Waals surface area contributed by atoms with Crippen LogP contribution in [0.15, 0.2) is 18.2 Å². The number of amides is 1. The van der Waals surface area contributed by atoms with Crippen LogP contribution in [0.3, 0.4) is 0 Å². The molecule has 1 fully saturated rings. The first-order valence-electron chi connectivity index (χ1n) is 6.18. The molecule has 0 aromatic heterocycles.